The van der Waals surface area contributed by atoms with Crippen LogP contribution in [0.4, 0.5) is 0 Å². The van der Waals surface area contributed by atoms with Crippen molar-refractivity contribution in [1.29, 1.82) is 0 Å². The van der Waals surface area contributed by atoms with Gasteiger partial charge in [-0.2, -0.15) is 0 Å². The fourth-order valence-corrected chi connectivity index (χ4v) is 1.58. The highest BCUT2D eigenvalue weighted by molar-refractivity contribution is 7.11. The first-order valence-corrected chi connectivity index (χ1v) is 5.06. The van der Waals surface area contributed by atoms with Gasteiger partial charge in [0.15, 0.2) is 5.76 Å². The number of aliphatic hydroxyl groups is 1. The lowest BCUT2D eigenvalue weighted by atomic mass is 10.3. The van der Waals surface area contributed by atoms with Gasteiger partial charge in [-0.15, -0.1) is 16.2 Å². The number of ether oxygens (including phenoxy) is 1. The first-order chi connectivity index (χ1) is 7.20. The Labute approximate surface area is 90.0 Å². The van der Waals surface area contributed by atoms with Crippen molar-refractivity contribution in [1.82, 2.24) is 0 Å². The van der Waals surface area contributed by atoms with Gasteiger partial charge in [-0.1, -0.05) is 6.07 Å². The number of carbonyl (C=O) groups is 1. The molecular weight excluding hydrogens is 218 g/mol. The quantitative estimate of drug-likeness (QED) is 0.370. The second-order valence-corrected chi connectivity index (χ2v) is 3.43. The monoisotopic (exact) mass is 227 g/mol. The van der Waals surface area contributed by atoms with E-state index in [0.717, 1.165) is 0 Å². The molecule has 0 atom stereocenters. The van der Waals surface area contributed by atoms with Crippen LogP contribution in [0.2, 0.25) is 0 Å². The van der Waals surface area contributed by atoms with Crippen molar-refractivity contribution in [2.24, 2.45) is 5.18 Å². The molecule has 6 heteroatoms. The van der Waals surface area contributed by atoms with Gasteiger partial charge in [0.1, 0.15) is 0 Å². The molecule has 80 valence electrons. The molecule has 1 aromatic heterocycles. The van der Waals surface area contributed by atoms with Gasteiger partial charge in [0, 0.05) is 0 Å². The van der Waals surface area contributed by atoms with Gasteiger partial charge >= 0.3 is 5.97 Å². The van der Waals surface area contributed by atoms with Crippen LogP contribution in [0.15, 0.2) is 28.4 Å². The van der Waals surface area contributed by atoms with E-state index in [4.69, 9.17) is 0 Å². The van der Waals surface area contributed by atoms with E-state index in [0.29, 0.717) is 4.88 Å². The molecule has 0 radical (unpaired) electrons. The van der Waals surface area contributed by atoms with Gasteiger partial charge in [-0.3, -0.25) is 0 Å². The molecule has 0 aliphatic heterocycles. The second kappa shape index (κ2) is 5.26. The minimum atomic E-state index is -0.918. The van der Waals surface area contributed by atoms with Crippen LogP contribution in [0.3, 0.4) is 0 Å². The standard InChI is InChI=1S/C9H9NO4S/c1-2-14-9(12)7(10-13)8(11)6-4-3-5-15-6/h3-5,11H,2H2,1H3. The van der Waals surface area contributed by atoms with Crippen LogP contribution in [0, 0.1) is 4.91 Å². The maximum atomic E-state index is 11.2. The zero-order chi connectivity index (χ0) is 11.3. The summed E-state index contributed by atoms with van der Waals surface area (Å²) in [5.41, 5.74) is -0.598. The smallest absolute Gasteiger partial charge is 0.364 e. The van der Waals surface area contributed by atoms with Gasteiger partial charge in [-0.25, -0.2) is 4.79 Å². The van der Waals surface area contributed by atoms with E-state index in [9.17, 15) is 14.8 Å². The Balaban J connectivity index is 3.03. The Bertz CT molecular complexity index is 383. The fraction of sp³-hybridized carbons (Fsp3) is 0.222. The van der Waals surface area contributed by atoms with Crippen LogP contribution in [0.5, 0.6) is 0 Å². The van der Waals surface area contributed by atoms with Crippen molar-refractivity contribution < 1.29 is 14.6 Å². The lowest BCUT2D eigenvalue weighted by Crippen LogP contribution is -2.07. The van der Waals surface area contributed by atoms with E-state index < -0.39 is 17.4 Å². The van der Waals surface area contributed by atoms with E-state index in [2.05, 4.69) is 9.91 Å². The van der Waals surface area contributed by atoms with Crippen LogP contribution >= 0.6 is 11.3 Å². The molecule has 0 aliphatic carbocycles. The molecule has 0 fully saturated rings. The van der Waals surface area contributed by atoms with Gasteiger partial charge < -0.3 is 9.84 Å². The number of hydrogen-bond acceptors (Lipinski definition) is 6. The molecule has 0 unspecified atom stereocenters. The summed E-state index contributed by atoms with van der Waals surface area (Å²) in [6.45, 7) is 1.72. The number of esters is 1. The van der Waals surface area contributed by atoms with Crippen molar-refractivity contribution in [3.63, 3.8) is 0 Å². The maximum absolute atomic E-state index is 11.2. The predicted molar refractivity (Wildman–Crippen MR) is 56.3 cm³/mol. The first-order valence-electron chi connectivity index (χ1n) is 4.18. The van der Waals surface area contributed by atoms with Gasteiger partial charge in [0.05, 0.1) is 11.5 Å². The lowest BCUT2D eigenvalue weighted by molar-refractivity contribution is -0.138. The number of aliphatic hydroxyl groups excluding tert-OH is 1. The molecule has 0 aliphatic rings. The fourth-order valence-electron chi connectivity index (χ4n) is 0.907. The van der Waals surface area contributed by atoms with Crippen LogP contribution in [-0.4, -0.2) is 17.7 Å². The molecule has 0 spiro atoms. The molecule has 1 N–H and O–H groups in total. The van der Waals surface area contributed by atoms with Crippen LogP contribution < -0.4 is 0 Å². The van der Waals surface area contributed by atoms with Crippen molar-refractivity contribution in [2.75, 3.05) is 6.61 Å². The zero-order valence-electron chi connectivity index (χ0n) is 7.97. The highest BCUT2D eigenvalue weighted by Crippen LogP contribution is 2.22. The van der Waals surface area contributed by atoms with E-state index in [1.807, 2.05) is 0 Å². The molecular formula is C9H9NO4S. The molecule has 0 saturated heterocycles. The first kappa shape index (κ1) is 11.4. The van der Waals surface area contributed by atoms with Crippen LogP contribution in [0.1, 0.15) is 11.8 Å². The highest BCUT2D eigenvalue weighted by Gasteiger charge is 2.19. The van der Waals surface area contributed by atoms with Crippen molar-refractivity contribution in [3.8, 4) is 0 Å². The normalized spacial score (nSPS) is 11.8. The maximum Gasteiger partial charge on any atom is 0.364 e. The molecule has 0 bridgehead atoms. The van der Waals surface area contributed by atoms with E-state index in [1.54, 1.807) is 24.4 Å². The summed E-state index contributed by atoms with van der Waals surface area (Å²) in [6, 6.07) is 3.26. The van der Waals surface area contributed by atoms with Gasteiger partial charge in [0.2, 0.25) is 5.70 Å². The summed E-state index contributed by atoms with van der Waals surface area (Å²) in [4.78, 5) is 22.0. The summed E-state index contributed by atoms with van der Waals surface area (Å²) in [5.74, 6) is -1.36. The Hall–Kier alpha value is -1.69. The van der Waals surface area contributed by atoms with E-state index in [-0.39, 0.29) is 6.61 Å². The molecule has 5 nitrogen and oxygen atoms in total. The third kappa shape index (κ3) is 2.63. The number of nitroso groups, excluding NO2 is 1. The van der Waals surface area contributed by atoms with E-state index >= 15 is 0 Å². The molecule has 1 aromatic rings. The molecule has 0 amide bonds. The molecule has 1 rings (SSSR count). The summed E-state index contributed by atoms with van der Waals surface area (Å²) >= 11 is 1.20. The Kier molecular flexibility index (Phi) is 3.99. The van der Waals surface area contributed by atoms with Gasteiger partial charge in [-0.05, 0) is 23.5 Å². The largest absolute Gasteiger partial charge is 0.504 e. The lowest BCUT2D eigenvalue weighted by Gasteiger charge is -2.01. The molecule has 1 heterocycles. The molecule has 0 saturated carbocycles. The molecule has 0 aromatic carbocycles. The zero-order valence-corrected chi connectivity index (χ0v) is 8.78. The predicted octanol–water partition coefficient (Wildman–Crippen LogP) is 2.30. The van der Waals surface area contributed by atoms with Crippen molar-refractivity contribution in [2.45, 2.75) is 6.92 Å². The SMILES string of the molecule is CCOC(=O)C(N=O)=C(O)c1cccs1. The summed E-state index contributed by atoms with van der Waals surface area (Å²) < 4.78 is 4.57. The topological polar surface area (TPSA) is 76.0 Å². The Morgan fingerprint density at radius 1 is 1.67 bits per heavy atom. The third-order valence-electron chi connectivity index (χ3n) is 1.54. The summed E-state index contributed by atoms with van der Waals surface area (Å²) in [6.07, 6.45) is 0. The Morgan fingerprint density at radius 2 is 2.40 bits per heavy atom. The third-order valence-corrected chi connectivity index (χ3v) is 2.42. The van der Waals surface area contributed by atoms with Crippen molar-refractivity contribution in [3.05, 3.63) is 33.0 Å². The average Bonchev–Trinajstić information content (AvgIpc) is 2.71. The summed E-state index contributed by atoms with van der Waals surface area (Å²) in [5, 5.41) is 13.7. The number of carbonyl (C=O) groups excluding carboxylic acids is 1. The van der Waals surface area contributed by atoms with Gasteiger partial charge in [0.25, 0.3) is 0 Å². The number of nitrogens with zero attached hydrogens (tertiary/aromatic N) is 1. The minimum absolute atomic E-state index is 0.121. The van der Waals surface area contributed by atoms with Crippen LogP contribution in [0.25, 0.3) is 5.76 Å². The minimum Gasteiger partial charge on any atom is -0.504 e. The number of rotatable bonds is 4. The second-order valence-electron chi connectivity index (χ2n) is 2.49. The summed E-state index contributed by atoms with van der Waals surface area (Å²) in [7, 11) is 0. The average molecular weight is 227 g/mol. The number of thiophene rings is 1. The van der Waals surface area contributed by atoms with E-state index in [1.165, 1.54) is 11.3 Å². The highest BCUT2D eigenvalue weighted by atomic mass is 32.1. The Morgan fingerprint density at radius 3 is 2.87 bits per heavy atom. The molecule has 15 heavy (non-hydrogen) atoms. The number of hydrogen-bond donors (Lipinski definition) is 1. The van der Waals surface area contributed by atoms with Crippen LogP contribution in [-0.2, 0) is 9.53 Å². The van der Waals surface area contributed by atoms with Crippen molar-refractivity contribution >= 4 is 23.1 Å².